The second kappa shape index (κ2) is 7.26. The molecule has 0 aliphatic carbocycles. The van der Waals surface area contributed by atoms with Gasteiger partial charge in [-0.1, -0.05) is 37.5 Å². The fourth-order valence-corrected chi connectivity index (χ4v) is 3.39. The maximum atomic E-state index is 12.7. The van der Waals surface area contributed by atoms with Crippen molar-refractivity contribution < 1.29 is 14.2 Å². The number of imide groups is 1. The molecule has 0 aromatic rings. The number of urea groups is 1. The number of carbonyl (C=O) groups is 2. The minimum absolute atomic E-state index is 0.0554. The zero-order valence-electron chi connectivity index (χ0n) is 14.6. The van der Waals surface area contributed by atoms with Crippen molar-refractivity contribution >= 4 is 40.4 Å². The van der Waals surface area contributed by atoms with Gasteiger partial charge in [0.15, 0.2) is 5.92 Å². The van der Waals surface area contributed by atoms with Gasteiger partial charge in [-0.05, 0) is 13.3 Å². The molecule has 0 radical (unpaired) electrons. The van der Waals surface area contributed by atoms with Gasteiger partial charge in [0.2, 0.25) is 5.84 Å². The molecule has 0 bridgehead atoms. The second-order valence-electron chi connectivity index (χ2n) is 6.09. The number of nitrogens with zero attached hydrogens (tertiary/aromatic N) is 5. The fraction of sp³-hybridized carbons (Fsp3) is 0.625. The van der Waals surface area contributed by atoms with Crippen LogP contribution in [0.15, 0.2) is 9.98 Å². The van der Waals surface area contributed by atoms with E-state index in [-0.39, 0.29) is 23.1 Å². The summed E-state index contributed by atoms with van der Waals surface area (Å²) >= 11 is 1.26. The Labute approximate surface area is 146 Å². The maximum Gasteiger partial charge on any atom is 0.445 e. The van der Waals surface area contributed by atoms with Crippen LogP contribution in [0, 0.1) is 23.2 Å². The lowest BCUT2D eigenvalue weighted by Crippen LogP contribution is -2.56. The van der Waals surface area contributed by atoms with Crippen LogP contribution in [0.5, 0.6) is 0 Å². The van der Waals surface area contributed by atoms with E-state index < -0.39 is 5.92 Å². The average molecular weight is 348 g/mol. The van der Waals surface area contributed by atoms with Crippen LogP contribution in [-0.2, 0) is 4.79 Å². The number of carbonyl (C=O) groups excluding carboxylic acids is 2. The van der Waals surface area contributed by atoms with E-state index in [0.717, 1.165) is 11.3 Å². The molecule has 0 N–H and O–H groups in total. The topological polar surface area (TPSA) is 88.9 Å². The molecule has 0 saturated carbocycles. The van der Waals surface area contributed by atoms with Crippen molar-refractivity contribution in [2.24, 2.45) is 21.8 Å². The molecule has 0 saturated heterocycles. The lowest BCUT2D eigenvalue weighted by Gasteiger charge is -2.28. The minimum atomic E-state index is -0.706. The van der Waals surface area contributed by atoms with Crippen molar-refractivity contribution in [1.82, 2.24) is 4.90 Å². The van der Waals surface area contributed by atoms with Crippen molar-refractivity contribution in [1.29, 1.82) is 5.26 Å². The molecule has 7 nitrogen and oxygen atoms in total. The molecule has 24 heavy (non-hydrogen) atoms. The summed E-state index contributed by atoms with van der Waals surface area (Å²) < 4.78 is 1.56. The van der Waals surface area contributed by atoms with E-state index >= 15 is 0 Å². The molecular weight excluding hydrogens is 326 g/mol. The number of amidine groups is 2. The number of thioether (sulfide) groups is 1. The molecule has 2 aliphatic rings. The summed E-state index contributed by atoms with van der Waals surface area (Å²) in [6.07, 6.45) is 0.755. The highest BCUT2D eigenvalue weighted by molar-refractivity contribution is 8.14. The van der Waals surface area contributed by atoms with E-state index in [4.69, 9.17) is 5.26 Å². The first-order valence-corrected chi connectivity index (χ1v) is 8.89. The molecule has 0 spiro atoms. The standard InChI is InChI=1S/C16H22N5O2S/c1-6-7-21-13-11(15(22)20(5)16(21)23)14(24-10(4)8-17)19-12(18-13)9(2)3/h9-11H,6-7H2,1-5H3/q+1. The van der Waals surface area contributed by atoms with Crippen LogP contribution in [0.25, 0.3) is 0 Å². The minimum Gasteiger partial charge on any atom is -0.255 e. The Morgan fingerprint density at radius 3 is 2.54 bits per heavy atom. The number of hydrogen-bond acceptors (Lipinski definition) is 6. The first-order chi connectivity index (χ1) is 11.3. The Kier molecular flexibility index (Phi) is 5.54. The maximum absolute atomic E-state index is 12.7. The van der Waals surface area contributed by atoms with Crippen LogP contribution in [-0.4, -0.2) is 57.0 Å². The number of aliphatic imine (C=N–C) groups is 2. The van der Waals surface area contributed by atoms with Gasteiger partial charge in [0.05, 0.1) is 24.9 Å². The van der Waals surface area contributed by atoms with Crippen LogP contribution in [0.4, 0.5) is 4.79 Å². The zero-order valence-corrected chi connectivity index (χ0v) is 15.4. The molecule has 8 heteroatoms. The van der Waals surface area contributed by atoms with Gasteiger partial charge in [-0.25, -0.2) is 9.79 Å². The first-order valence-electron chi connectivity index (χ1n) is 8.01. The lowest BCUT2D eigenvalue weighted by atomic mass is 10.0. The van der Waals surface area contributed by atoms with Gasteiger partial charge >= 0.3 is 11.9 Å². The van der Waals surface area contributed by atoms with Crippen LogP contribution < -0.4 is 0 Å². The van der Waals surface area contributed by atoms with E-state index in [1.807, 2.05) is 20.8 Å². The molecule has 0 aromatic carbocycles. The lowest BCUT2D eigenvalue weighted by molar-refractivity contribution is -0.440. The number of fused-ring (bicyclic) bond motifs is 1. The quantitative estimate of drug-likeness (QED) is 0.728. The SMILES string of the molecule is CCC[N+]1=C2N=C(C(C)C)N=C(SC(C)C#N)C2C(=O)N(C)C1=O. The molecule has 2 heterocycles. The number of nitriles is 1. The summed E-state index contributed by atoms with van der Waals surface area (Å²) in [5.41, 5.74) is 0. The summed E-state index contributed by atoms with van der Waals surface area (Å²) in [4.78, 5) is 35.3. The molecule has 128 valence electrons. The summed E-state index contributed by atoms with van der Waals surface area (Å²) in [6, 6.07) is 1.79. The predicted octanol–water partition coefficient (Wildman–Crippen LogP) is 2.13. The van der Waals surface area contributed by atoms with E-state index in [9.17, 15) is 9.59 Å². The Hall–Kier alpha value is -2.01. The van der Waals surface area contributed by atoms with Gasteiger partial charge in [-0.3, -0.25) is 4.79 Å². The number of hydrogen-bond donors (Lipinski definition) is 0. The summed E-state index contributed by atoms with van der Waals surface area (Å²) in [5.74, 6) is 0.0315. The van der Waals surface area contributed by atoms with Gasteiger partial charge in [-0.15, -0.1) is 0 Å². The molecule has 2 rings (SSSR count). The molecule has 0 fully saturated rings. The summed E-state index contributed by atoms with van der Waals surface area (Å²) in [7, 11) is 1.47. The van der Waals surface area contributed by atoms with E-state index in [1.54, 1.807) is 11.5 Å². The van der Waals surface area contributed by atoms with Gasteiger partial charge in [0.1, 0.15) is 5.04 Å². The zero-order chi connectivity index (χ0) is 18.0. The highest BCUT2D eigenvalue weighted by atomic mass is 32.2. The van der Waals surface area contributed by atoms with E-state index in [2.05, 4.69) is 16.1 Å². The Bertz CT molecular complexity index is 702. The third-order valence-electron chi connectivity index (χ3n) is 3.77. The van der Waals surface area contributed by atoms with Crippen molar-refractivity contribution in [3.8, 4) is 6.07 Å². The summed E-state index contributed by atoms with van der Waals surface area (Å²) in [5, 5.41) is 9.31. The third kappa shape index (κ3) is 3.26. The van der Waals surface area contributed by atoms with Gasteiger partial charge in [-0.2, -0.15) is 14.7 Å². The molecular formula is C16H22N5O2S+. The van der Waals surface area contributed by atoms with Crippen molar-refractivity contribution in [3.63, 3.8) is 0 Å². The molecule has 3 amide bonds. The molecule has 0 aromatic heterocycles. The van der Waals surface area contributed by atoms with Crippen LogP contribution in [0.3, 0.4) is 0 Å². The molecule has 2 unspecified atom stereocenters. The van der Waals surface area contributed by atoms with Crippen LogP contribution in [0.2, 0.25) is 0 Å². The van der Waals surface area contributed by atoms with Crippen molar-refractivity contribution in [2.45, 2.75) is 39.4 Å². The highest BCUT2D eigenvalue weighted by Crippen LogP contribution is 2.28. The van der Waals surface area contributed by atoms with Crippen LogP contribution in [0.1, 0.15) is 34.1 Å². The van der Waals surface area contributed by atoms with E-state index in [0.29, 0.717) is 23.3 Å². The fourth-order valence-electron chi connectivity index (χ4n) is 2.49. The first kappa shape index (κ1) is 18.3. The normalized spacial score (nSPS) is 22.2. The highest BCUT2D eigenvalue weighted by Gasteiger charge is 2.50. The number of amides is 3. The van der Waals surface area contributed by atoms with Gasteiger partial charge in [0.25, 0.3) is 5.84 Å². The van der Waals surface area contributed by atoms with E-state index in [1.165, 1.54) is 18.8 Å². The van der Waals surface area contributed by atoms with Crippen molar-refractivity contribution in [3.05, 3.63) is 0 Å². The van der Waals surface area contributed by atoms with Gasteiger partial charge < -0.3 is 0 Å². The summed E-state index contributed by atoms with van der Waals surface area (Å²) in [6.45, 7) is 8.14. The Morgan fingerprint density at radius 2 is 2.00 bits per heavy atom. The predicted molar refractivity (Wildman–Crippen MR) is 94.5 cm³/mol. The second-order valence-corrected chi connectivity index (χ2v) is 7.45. The monoisotopic (exact) mass is 348 g/mol. The molecule has 2 aliphatic heterocycles. The Balaban J connectivity index is 2.63. The Morgan fingerprint density at radius 1 is 1.33 bits per heavy atom. The largest absolute Gasteiger partial charge is 0.445 e. The van der Waals surface area contributed by atoms with Gasteiger partial charge in [0, 0.05) is 5.92 Å². The average Bonchev–Trinajstić information content (AvgIpc) is 2.55. The third-order valence-corrected chi connectivity index (χ3v) is 4.80. The smallest absolute Gasteiger partial charge is 0.255 e. The number of rotatable bonds is 4. The molecule has 2 atom stereocenters. The van der Waals surface area contributed by atoms with Crippen LogP contribution >= 0.6 is 11.8 Å². The van der Waals surface area contributed by atoms with Crippen molar-refractivity contribution in [2.75, 3.05) is 13.6 Å².